The van der Waals surface area contributed by atoms with Crippen molar-refractivity contribution in [1.29, 1.82) is 0 Å². The summed E-state index contributed by atoms with van der Waals surface area (Å²) in [7, 11) is 0. The molecule has 1 saturated carbocycles. The number of nitrogens with zero attached hydrogens (tertiary/aromatic N) is 2. The second-order valence-corrected chi connectivity index (χ2v) is 4.95. The predicted molar refractivity (Wildman–Crippen MR) is 59.8 cm³/mol. The molecule has 15 heavy (non-hydrogen) atoms. The van der Waals surface area contributed by atoms with Gasteiger partial charge in [0.05, 0.1) is 0 Å². The van der Waals surface area contributed by atoms with Crippen LogP contribution in [-0.2, 0) is 0 Å². The van der Waals surface area contributed by atoms with Gasteiger partial charge in [-0.25, -0.2) is 0 Å². The lowest BCUT2D eigenvalue weighted by atomic mass is 9.88. The summed E-state index contributed by atoms with van der Waals surface area (Å²) in [5.41, 5.74) is 1.32. The number of H-pyrrole nitrogens is 1. The summed E-state index contributed by atoms with van der Waals surface area (Å²) in [5, 5.41) is 7.11. The van der Waals surface area contributed by atoms with Gasteiger partial charge in [-0.15, -0.1) is 0 Å². The maximum atomic E-state index is 4.02. The topological polar surface area (TPSA) is 31.9 Å². The molecule has 0 radical (unpaired) electrons. The van der Waals surface area contributed by atoms with Crippen molar-refractivity contribution in [3.63, 3.8) is 0 Å². The second kappa shape index (κ2) is 3.97. The van der Waals surface area contributed by atoms with Gasteiger partial charge < -0.3 is 0 Å². The number of aromatic nitrogens is 2. The van der Waals surface area contributed by atoms with E-state index in [1.807, 2.05) is 6.20 Å². The van der Waals surface area contributed by atoms with E-state index in [2.05, 4.69) is 21.2 Å². The third kappa shape index (κ3) is 1.81. The van der Waals surface area contributed by atoms with Crippen LogP contribution in [0, 0.1) is 0 Å². The average molecular weight is 205 g/mol. The first-order valence-corrected chi connectivity index (χ1v) is 6.17. The largest absolute Gasteiger partial charge is 0.299 e. The number of nitrogens with one attached hydrogen (secondary N) is 1. The van der Waals surface area contributed by atoms with Crippen molar-refractivity contribution in [3.05, 3.63) is 18.0 Å². The van der Waals surface area contributed by atoms with E-state index >= 15 is 0 Å². The molecule has 1 aliphatic heterocycles. The van der Waals surface area contributed by atoms with Gasteiger partial charge in [0.15, 0.2) is 0 Å². The van der Waals surface area contributed by atoms with E-state index < -0.39 is 0 Å². The highest BCUT2D eigenvalue weighted by molar-refractivity contribution is 5.12. The molecule has 2 fully saturated rings. The standard InChI is InChI=1S/C12H19N3/c1-2-4-11(5-3-1)15-8-10(9-15)12-6-7-13-14-12/h6-7,10-11H,1-5,8-9H2,(H,13,14). The summed E-state index contributed by atoms with van der Waals surface area (Å²) in [6.45, 7) is 2.49. The molecule has 82 valence electrons. The molecule has 1 N–H and O–H groups in total. The molecular formula is C12H19N3. The fraction of sp³-hybridized carbons (Fsp3) is 0.750. The van der Waals surface area contributed by atoms with Gasteiger partial charge in [-0.05, 0) is 18.9 Å². The van der Waals surface area contributed by atoms with Gasteiger partial charge in [0.2, 0.25) is 0 Å². The molecule has 1 aromatic rings. The fourth-order valence-corrected chi connectivity index (χ4v) is 2.95. The normalized spacial score (nSPS) is 25.3. The number of hydrogen-bond acceptors (Lipinski definition) is 2. The Morgan fingerprint density at radius 3 is 2.67 bits per heavy atom. The number of aromatic amines is 1. The van der Waals surface area contributed by atoms with Crippen molar-refractivity contribution in [1.82, 2.24) is 15.1 Å². The van der Waals surface area contributed by atoms with Gasteiger partial charge >= 0.3 is 0 Å². The molecule has 1 aromatic heterocycles. The fourth-order valence-electron chi connectivity index (χ4n) is 2.95. The Kier molecular flexibility index (Phi) is 2.49. The lowest BCUT2D eigenvalue weighted by Crippen LogP contribution is -2.51. The third-order valence-corrected chi connectivity index (χ3v) is 3.96. The molecule has 1 saturated heterocycles. The Hall–Kier alpha value is -0.830. The minimum absolute atomic E-state index is 0.717. The molecule has 0 amide bonds. The monoisotopic (exact) mass is 205 g/mol. The average Bonchev–Trinajstić information content (AvgIpc) is 2.70. The van der Waals surface area contributed by atoms with E-state index in [0.717, 1.165) is 12.0 Å². The number of hydrogen-bond donors (Lipinski definition) is 1. The quantitative estimate of drug-likeness (QED) is 0.802. The molecule has 3 rings (SSSR count). The first-order chi connectivity index (χ1) is 7.43. The van der Waals surface area contributed by atoms with Crippen LogP contribution in [0.2, 0.25) is 0 Å². The first-order valence-electron chi connectivity index (χ1n) is 6.17. The Bertz CT molecular complexity index is 295. The summed E-state index contributed by atoms with van der Waals surface area (Å²) in [6.07, 6.45) is 9.05. The zero-order valence-corrected chi connectivity index (χ0v) is 9.15. The molecule has 0 bridgehead atoms. The van der Waals surface area contributed by atoms with Crippen LogP contribution in [0.4, 0.5) is 0 Å². The lowest BCUT2D eigenvalue weighted by molar-refractivity contribution is 0.0675. The van der Waals surface area contributed by atoms with Crippen LogP contribution in [0.3, 0.4) is 0 Å². The summed E-state index contributed by atoms with van der Waals surface area (Å²) < 4.78 is 0. The molecule has 0 atom stereocenters. The molecular weight excluding hydrogens is 186 g/mol. The minimum atomic E-state index is 0.717. The smallest absolute Gasteiger partial charge is 0.0490 e. The van der Waals surface area contributed by atoms with E-state index in [9.17, 15) is 0 Å². The van der Waals surface area contributed by atoms with Crippen molar-refractivity contribution in [2.75, 3.05) is 13.1 Å². The zero-order valence-electron chi connectivity index (χ0n) is 9.15. The van der Waals surface area contributed by atoms with Gasteiger partial charge in [-0.1, -0.05) is 19.3 Å². The van der Waals surface area contributed by atoms with Gasteiger partial charge in [-0.3, -0.25) is 10.00 Å². The van der Waals surface area contributed by atoms with Gasteiger partial charge in [0.1, 0.15) is 0 Å². The van der Waals surface area contributed by atoms with Crippen molar-refractivity contribution < 1.29 is 0 Å². The molecule has 0 unspecified atom stereocenters. The molecule has 2 aliphatic rings. The second-order valence-electron chi connectivity index (χ2n) is 4.95. The number of rotatable bonds is 2. The summed E-state index contributed by atoms with van der Waals surface area (Å²) in [4.78, 5) is 2.66. The number of likely N-dealkylation sites (tertiary alicyclic amines) is 1. The lowest BCUT2D eigenvalue weighted by Gasteiger charge is -2.45. The maximum absolute atomic E-state index is 4.02. The molecule has 3 nitrogen and oxygen atoms in total. The molecule has 3 heteroatoms. The van der Waals surface area contributed by atoms with Crippen LogP contribution in [-0.4, -0.2) is 34.2 Å². The van der Waals surface area contributed by atoms with Crippen LogP contribution in [0.25, 0.3) is 0 Å². The van der Waals surface area contributed by atoms with Gasteiger partial charge in [-0.2, -0.15) is 5.10 Å². The summed E-state index contributed by atoms with van der Waals surface area (Å²) in [6, 6.07) is 3.00. The van der Waals surface area contributed by atoms with Crippen LogP contribution >= 0.6 is 0 Å². The maximum Gasteiger partial charge on any atom is 0.0490 e. The summed E-state index contributed by atoms with van der Waals surface area (Å²) in [5.74, 6) is 0.717. The Labute approximate surface area is 90.9 Å². The van der Waals surface area contributed by atoms with Crippen LogP contribution < -0.4 is 0 Å². The summed E-state index contributed by atoms with van der Waals surface area (Å²) >= 11 is 0. The van der Waals surface area contributed by atoms with Crippen LogP contribution in [0.5, 0.6) is 0 Å². The third-order valence-electron chi connectivity index (χ3n) is 3.96. The van der Waals surface area contributed by atoms with E-state index in [0.29, 0.717) is 0 Å². The van der Waals surface area contributed by atoms with Crippen LogP contribution in [0.1, 0.15) is 43.7 Å². The highest BCUT2D eigenvalue weighted by Crippen LogP contribution is 2.32. The molecule has 0 aromatic carbocycles. The van der Waals surface area contributed by atoms with E-state index in [1.165, 1.54) is 50.9 Å². The molecule has 2 heterocycles. The van der Waals surface area contributed by atoms with Crippen LogP contribution in [0.15, 0.2) is 12.3 Å². The van der Waals surface area contributed by atoms with Crippen molar-refractivity contribution in [2.24, 2.45) is 0 Å². The first kappa shape index (κ1) is 9.40. The van der Waals surface area contributed by atoms with Gasteiger partial charge in [0.25, 0.3) is 0 Å². The Morgan fingerprint density at radius 2 is 2.00 bits per heavy atom. The zero-order chi connectivity index (χ0) is 10.1. The predicted octanol–water partition coefficient (Wildman–Crippen LogP) is 2.14. The van der Waals surface area contributed by atoms with E-state index in [4.69, 9.17) is 0 Å². The van der Waals surface area contributed by atoms with Crippen molar-refractivity contribution in [3.8, 4) is 0 Å². The van der Waals surface area contributed by atoms with Gasteiger partial charge in [0, 0.05) is 36.9 Å². The van der Waals surface area contributed by atoms with Crippen molar-refractivity contribution >= 4 is 0 Å². The van der Waals surface area contributed by atoms with E-state index in [-0.39, 0.29) is 0 Å². The SMILES string of the molecule is c1cc(C2CN(C3CCCCC3)C2)[nH]n1. The Balaban J connectivity index is 1.53. The van der Waals surface area contributed by atoms with E-state index in [1.54, 1.807) is 0 Å². The minimum Gasteiger partial charge on any atom is -0.299 e. The van der Waals surface area contributed by atoms with Crippen molar-refractivity contribution in [2.45, 2.75) is 44.1 Å². The highest BCUT2D eigenvalue weighted by atomic mass is 15.2. The molecule has 0 spiro atoms. The highest BCUT2D eigenvalue weighted by Gasteiger charge is 2.34. The Morgan fingerprint density at radius 1 is 1.20 bits per heavy atom. The molecule has 1 aliphatic carbocycles.